The standard InChI is InChI=1S/C15H23FN2O/c1-12(2)10-17-6-8-18(9-7-17)11-13-4-3-5-14(16)15(13)19/h3-5,12,19H,6-11H2,1-2H3. The van der Waals surface area contributed by atoms with Crippen LogP contribution < -0.4 is 0 Å². The van der Waals surface area contributed by atoms with Gasteiger partial charge in [-0.15, -0.1) is 0 Å². The Labute approximate surface area is 114 Å². The third kappa shape index (κ3) is 3.91. The third-order valence-electron chi connectivity index (χ3n) is 3.55. The number of hydrogen-bond donors (Lipinski definition) is 1. The molecule has 1 aliphatic rings. The summed E-state index contributed by atoms with van der Waals surface area (Å²) in [6.07, 6.45) is 0. The number of aromatic hydroxyl groups is 1. The number of rotatable bonds is 4. The molecular weight excluding hydrogens is 243 g/mol. The van der Waals surface area contributed by atoms with E-state index < -0.39 is 5.82 Å². The van der Waals surface area contributed by atoms with Crippen LogP contribution >= 0.6 is 0 Å². The van der Waals surface area contributed by atoms with E-state index in [9.17, 15) is 9.50 Å². The minimum Gasteiger partial charge on any atom is -0.505 e. The SMILES string of the molecule is CC(C)CN1CCN(Cc2cccc(F)c2O)CC1. The van der Waals surface area contributed by atoms with Crippen molar-refractivity contribution in [3.8, 4) is 5.75 Å². The Hall–Kier alpha value is -1.13. The zero-order valence-electron chi connectivity index (χ0n) is 11.8. The first-order valence-corrected chi connectivity index (χ1v) is 6.97. The molecule has 3 nitrogen and oxygen atoms in total. The first-order valence-electron chi connectivity index (χ1n) is 6.97. The summed E-state index contributed by atoms with van der Waals surface area (Å²) >= 11 is 0. The second kappa shape index (κ2) is 6.35. The average molecular weight is 266 g/mol. The van der Waals surface area contributed by atoms with Gasteiger partial charge in [-0.1, -0.05) is 26.0 Å². The van der Waals surface area contributed by atoms with E-state index in [2.05, 4.69) is 23.6 Å². The van der Waals surface area contributed by atoms with Crippen LogP contribution in [0, 0.1) is 11.7 Å². The van der Waals surface area contributed by atoms with Gasteiger partial charge >= 0.3 is 0 Å². The van der Waals surface area contributed by atoms with E-state index in [4.69, 9.17) is 0 Å². The highest BCUT2D eigenvalue weighted by Crippen LogP contribution is 2.22. The van der Waals surface area contributed by atoms with Gasteiger partial charge < -0.3 is 10.0 Å². The van der Waals surface area contributed by atoms with Crippen molar-refractivity contribution in [2.45, 2.75) is 20.4 Å². The molecule has 0 aromatic heterocycles. The molecule has 1 saturated heterocycles. The van der Waals surface area contributed by atoms with Gasteiger partial charge in [0.2, 0.25) is 0 Å². The first kappa shape index (κ1) is 14.3. The zero-order valence-corrected chi connectivity index (χ0v) is 11.8. The Morgan fingerprint density at radius 3 is 2.42 bits per heavy atom. The highest BCUT2D eigenvalue weighted by Gasteiger charge is 2.18. The normalized spacial score (nSPS) is 18.1. The summed E-state index contributed by atoms with van der Waals surface area (Å²) < 4.78 is 13.3. The van der Waals surface area contributed by atoms with Crippen molar-refractivity contribution in [2.75, 3.05) is 32.7 Å². The second-order valence-corrected chi connectivity index (χ2v) is 5.72. The van der Waals surface area contributed by atoms with Crippen molar-refractivity contribution in [2.24, 2.45) is 5.92 Å². The molecular formula is C15H23FN2O. The molecule has 0 aliphatic carbocycles. The van der Waals surface area contributed by atoms with Gasteiger partial charge in [0, 0.05) is 44.8 Å². The molecule has 106 valence electrons. The highest BCUT2D eigenvalue weighted by atomic mass is 19.1. The summed E-state index contributed by atoms with van der Waals surface area (Å²) in [5.41, 5.74) is 0.678. The van der Waals surface area contributed by atoms with E-state index in [1.807, 2.05) is 0 Å². The van der Waals surface area contributed by atoms with Crippen LogP contribution in [0.5, 0.6) is 5.75 Å². The van der Waals surface area contributed by atoms with Crippen molar-refractivity contribution in [1.29, 1.82) is 0 Å². The fourth-order valence-corrected chi connectivity index (χ4v) is 2.57. The lowest BCUT2D eigenvalue weighted by atomic mass is 10.1. The minimum absolute atomic E-state index is 0.202. The fraction of sp³-hybridized carbons (Fsp3) is 0.600. The van der Waals surface area contributed by atoms with E-state index in [1.54, 1.807) is 12.1 Å². The monoisotopic (exact) mass is 266 g/mol. The van der Waals surface area contributed by atoms with Gasteiger partial charge in [0.1, 0.15) is 0 Å². The number of para-hydroxylation sites is 1. The molecule has 0 unspecified atom stereocenters. The molecule has 0 atom stereocenters. The van der Waals surface area contributed by atoms with Crippen LogP contribution in [0.3, 0.4) is 0 Å². The van der Waals surface area contributed by atoms with Gasteiger partial charge in [-0.25, -0.2) is 4.39 Å². The molecule has 2 rings (SSSR count). The highest BCUT2D eigenvalue weighted by molar-refractivity contribution is 5.33. The number of phenolic OH excluding ortho intramolecular Hbond substituents is 1. The lowest BCUT2D eigenvalue weighted by Gasteiger charge is -2.35. The Morgan fingerprint density at radius 1 is 1.16 bits per heavy atom. The van der Waals surface area contributed by atoms with E-state index in [1.165, 1.54) is 6.07 Å². The van der Waals surface area contributed by atoms with E-state index in [-0.39, 0.29) is 5.75 Å². The van der Waals surface area contributed by atoms with Crippen LogP contribution in [-0.2, 0) is 6.54 Å². The molecule has 0 amide bonds. The third-order valence-corrected chi connectivity index (χ3v) is 3.55. The molecule has 1 fully saturated rings. The molecule has 0 bridgehead atoms. The van der Waals surface area contributed by atoms with Crippen LogP contribution in [0.15, 0.2) is 18.2 Å². The molecule has 0 saturated carbocycles. The molecule has 0 radical (unpaired) electrons. The summed E-state index contributed by atoms with van der Waals surface area (Å²) in [5.74, 6) is -0.0399. The number of hydrogen-bond acceptors (Lipinski definition) is 3. The lowest BCUT2D eigenvalue weighted by molar-refractivity contribution is 0.116. The largest absolute Gasteiger partial charge is 0.505 e. The van der Waals surface area contributed by atoms with Crippen LogP contribution in [0.2, 0.25) is 0 Å². The van der Waals surface area contributed by atoms with Gasteiger partial charge in [-0.3, -0.25) is 4.90 Å². The molecule has 1 N–H and O–H groups in total. The Morgan fingerprint density at radius 2 is 1.79 bits per heavy atom. The molecule has 1 aliphatic heterocycles. The molecule has 1 aromatic carbocycles. The summed E-state index contributed by atoms with van der Waals surface area (Å²) in [5, 5.41) is 9.69. The Balaban J connectivity index is 1.87. The van der Waals surface area contributed by atoms with E-state index >= 15 is 0 Å². The van der Waals surface area contributed by atoms with Gasteiger partial charge in [-0.05, 0) is 12.0 Å². The summed E-state index contributed by atoms with van der Waals surface area (Å²) in [4.78, 5) is 4.73. The van der Waals surface area contributed by atoms with Crippen LogP contribution in [0.1, 0.15) is 19.4 Å². The second-order valence-electron chi connectivity index (χ2n) is 5.72. The zero-order chi connectivity index (χ0) is 13.8. The van der Waals surface area contributed by atoms with Crippen LogP contribution in [0.4, 0.5) is 4.39 Å². The molecule has 1 heterocycles. The molecule has 0 spiro atoms. The summed E-state index contributed by atoms with van der Waals surface area (Å²) in [6, 6.07) is 4.73. The maximum absolute atomic E-state index is 13.3. The predicted molar refractivity (Wildman–Crippen MR) is 74.6 cm³/mol. The van der Waals surface area contributed by atoms with Crippen molar-refractivity contribution in [1.82, 2.24) is 9.80 Å². The smallest absolute Gasteiger partial charge is 0.165 e. The van der Waals surface area contributed by atoms with Gasteiger partial charge in [0.25, 0.3) is 0 Å². The van der Waals surface area contributed by atoms with Gasteiger partial charge in [0.05, 0.1) is 0 Å². The number of nitrogens with zero attached hydrogens (tertiary/aromatic N) is 2. The maximum atomic E-state index is 13.3. The number of piperazine rings is 1. The van der Waals surface area contributed by atoms with Crippen LogP contribution in [-0.4, -0.2) is 47.6 Å². The number of phenols is 1. The fourth-order valence-electron chi connectivity index (χ4n) is 2.57. The van der Waals surface area contributed by atoms with Crippen molar-refractivity contribution >= 4 is 0 Å². The Bertz CT molecular complexity index is 415. The van der Waals surface area contributed by atoms with Gasteiger partial charge in [0.15, 0.2) is 11.6 Å². The quantitative estimate of drug-likeness (QED) is 0.906. The van der Waals surface area contributed by atoms with E-state index in [0.29, 0.717) is 18.0 Å². The van der Waals surface area contributed by atoms with Crippen molar-refractivity contribution < 1.29 is 9.50 Å². The van der Waals surface area contributed by atoms with Gasteiger partial charge in [-0.2, -0.15) is 0 Å². The topological polar surface area (TPSA) is 26.7 Å². The van der Waals surface area contributed by atoms with E-state index in [0.717, 1.165) is 32.7 Å². The average Bonchev–Trinajstić information content (AvgIpc) is 2.37. The first-order chi connectivity index (χ1) is 9.06. The van der Waals surface area contributed by atoms with Crippen molar-refractivity contribution in [3.63, 3.8) is 0 Å². The Kier molecular flexibility index (Phi) is 4.77. The minimum atomic E-state index is -0.532. The summed E-state index contributed by atoms with van der Waals surface area (Å²) in [7, 11) is 0. The number of benzene rings is 1. The van der Waals surface area contributed by atoms with Crippen molar-refractivity contribution in [3.05, 3.63) is 29.6 Å². The lowest BCUT2D eigenvalue weighted by Crippen LogP contribution is -2.46. The van der Waals surface area contributed by atoms with Crippen LogP contribution in [0.25, 0.3) is 0 Å². The molecule has 1 aromatic rings. The molecule has 19 heavy (non-hydrogen) atoms. The predicted octanol–water partition coefficient (Wildman–Crippen LogP) is 2.30. The summed E-state index contributed by atoms with van der Waals surface area (Å²) in [6.45, 7) is 10.3. The molecule has 4 heteroatoms. The number of halogens is 1. The maximum Gasteiger partial charge on any atom is 0.165 e.